The van der Waals surface area contributed by atoms with Crippen LogP contribution in [0, 0.1) is 28.6 Å². The lowest BCUT2D eigenvalue weighted by molar-refractivity contribution is -0.319. The van der Waals surface area contributed by atoms with Crippen molar-refractivity contribution in [3.63, 3.8) is 0 Å². The minimum atomic E-state index is -2.00. The van der Waals surface area contributed by atoms with Crippen LogP contribution < -0.4 is 0 Å². The Morgan fingerprint density at radius 2 is 1.49 bits per heavy atom. The number of aliphatic hydroxyl groups excluding tert-OH is 3. The SMILES string of the molecule is CC[C@H]1OC(=O)[C@H](C)[C@@H](O[C@H]2C[C@@](C)(OC)[C@@H](O)[C@H](C)O2)[C@H](C)[C@@H](O[C@@H]2O[C@H](C)C[C@H](N(C)N=O)[C@H]2O)[C@](C)(OC)C[C@@H](C)C(=O)[C@H](C)[C@@H](O)[C@]1(C)O. The fraction of sp³-hybridized carbons (Fsp3) is 0.946. The average molecular weight is 763 g/mol. The first-order valence-corrected chi connectivity index (χ1v) is 18.8. The molecule has 0 aromatic heterocycles. The van der Waals surface area contributed by atoms with Gasteiger partial charge in [0.2, 0.25) is 0 Å². The summed E-state index contributed by atoms with van der Waals surface area (Å²) in [5.41, 5.74) is -4.40. The third-order valence-corrected chi connectivity index (χ3v) is 12.2. The highest BCUT2D eigenvalue weighted by atomic mass is 16.7. The number of cyclic esters (lactones) is 1. The van der Waals surface area contributed by atoms with E-state index in [0.717, 1.165) is 5.01 Å². The number of hydrogen-bond acceptors (Lipinski definition) is 15. The van der Waals surface area contributed by atoms with Crippen molar-refractivity contribution in [2.24, 2.45) is 29.0 Å². The molecule has 0 unspecified atom stereocenters. The molecular formula is C37H66N2O14. The first kappa shape index (κ1) is 45.5. The number of ketones is 1. The summed E-state index contributed by atoms with van der Waals surface area (Å²) >= 11 is 0. The Bertz CT molecular complexity index is 1240. The van der Waals surface area contributed by atoms with E-state index in [-0.39, 0.29) is 31.5 Å². The molecule has 18 atom stereocenters. The van der Waals surface area contributed by atoms with Crippen LogP contribution in [0.1, 0.15) is 94.9 Å². The van der Waals surface area contributed by atoms with E-state index in [2.05, 4.69) is 5.29 Å². The number of nitroso groups, excluding NO2 is 1. The lowest BCUT2D eigenvalue weighted by Gasteiger charge is -2.49. The van der Waals surface area contributed by atoms with Gasteiger partial charge in [0.05, 0.1) is 59.0 Å². The number of nitrogens with zero attached hydrogens (tertiary/aromatic N) is 2. The third-order valence-electron chi connectivity index (χ3n) is 12.2. The molecule has 16 nitrogen and oxygen atoms in total. The molecule has 0 bridgehead atoms. The second-order valence-electron chi connectivity index (χ2n) is 16.3. The van der Waals surface area contributed by atoms with Crippen LogP contribution in [-0.2, 0) is 42.7 Å². The monoisotopic (exact) mass is 762 g/mol. The van der Waals surface area contributed by atoms with Crippen LogP contribution >= 0.6 is 0 Å². The molecule has 0 aromatic rings. The fourth-order valence-electron chi connectivity index (χ4n) is 8.50. The standard InChI is InChI=1S/C37H66N2O14/c1-14-25-37(10,45)30(42)20(4)27(40)18(2)16-36(9,48-13)32(53-34-28(41)24(39(11)38-46)15-19(3)49-34)21(5)29(22(6)33(44)51-25)52-26-17-35(8,47-12)31(43)23(7)50-26/h18-26,28-32,34,41-43,45H,14-17H2,1-13H3/t18-,19-,20+,21+,22-,23+,24+,25-,26+,28-,29+,30-,31+,32-,34+,35-,36-,37-/m1/s1. The Labute approximate surface area is 314 Å². The van der Waals surface area contributed by atoms with Gasteiger partial charge in [-0.1, -0.05) is 27.7 Å². The third kappa shape index (κ3) is 9.58. The topological polar surface area (TPSA) is 212 Å². The zero-order valence-corrected chi connectivity index (χ0v) is 33.8. The molecule has 3 aliphatic heterocycles. The maximum atomic E-state index is 14.2. The molecule has 308 valence electrons. The van der Waals surface area contributed by atoms with Gasteiger partial charge >= 0.3 is 5.97 Å². The molecule has 3 rings (SSSR count). The Kier molecular flexibility index (Phi) is 15.4. The molecule has 3 saturated heterocycles. The number of rotatable bonds is 9. The van der Waals surface area contributed by atoms with Gasteiger partial charge in [-0.15, -0.1) is 4.91 Å². The van der Waals surface area contributed by atoms with Crippen LogP contribution in [0.2, 0.25) is 0 Å². The molecule has 0 radical (unpaired) electrons. The molecule has 3 heterocycles. The van der Waals surface area contributed by atoms with Crippen LogP contribution in [0.4, 0.5) is 0 Å². The van der Waals surface area contributed by atoms with Crippen molar-refractivity contribution in [1.29, 1.82) is 0 Å². The van der Waals surface area contributed by atoms with Crippen LogP contribution in [0.5, 0.6) is 0 Å². The van der Waals surface area contributed by atoms with E-state index in [1.54, 1.807) is 55.4 Å². The van der Waals surface area contributed by atoms with E-state index in [0.29, 0.717) is 0 Å². The molecule has 0 aliphatic carbocycles. The van der Waals surface area contributed by atoms with Gasteiger partial charge in [0.1, 0.15) is 29.7 Å². The van der Waals surface area contributed by atoms with Crippen molar-refractivity contribution in [2.75, 3.05) is 21.3 Å². The molecule has 0 spiro atoms. The highest BCUT2D eigenvalue weighted by Gasteiger charge is 2.54. The zero-order valence-electron chi connectivity index (χ0n) is 33.8. The summed E-state index contributed by atoms with van der Waals surface area (Å²) in [6.45, 7) is 16.6. The fourth-order valence-corrected chi connectivity index (χ4v) is 8.50. The highest BCUT2D eigenvalue weighted by molar-refractivity contribution is 5.83. The van der Waals surface area contributed by atoms with E-state index in [1.165, 1.54) is 35.1 Å². The Balaban J connectivity index is 2.23. The van der Waals surface area contributed by atoms with Crippen molar-refractivity contribution < 1.29 is 63.2 Å². The van der Waals surface area contributed by atoms with Crippen LogP contribution in [0.15, 0.2) is 5.29 Å². The van der Waals surface area contributed by atoms with Crippen molar-refractivity contribution in [3.05, 3.63) is 4.91 Å². The van der Waals surface area contributed by atoms with Gasteiger partial charge in [-0.25, -0.2) is 0 Å². The number of Topliss-reactive ketones (excluding diaryl/α,β-unsaturated/α-hetero) is 1. The summed E-state index contributed by atoms with van der Waals surface area (Å²) < 4.78 is 43.5. The molecule has 4 N–H and O–H groups in total. The van der Waals surface area contributed by atoms with Crippen molar-refractivity contribution in [2.45, 2.75) is 179 Å². The predicted molar refractivity (Wildman–Crippen MR) is 191 cm³/mol. The molecule has 0 amide bonds. The Morgan fingerprint density at radius 3 is 2.04 bits per heavy atom. The highest BCUT2D eigenvalue weighted by Crippen LogP contribution is 2.42. The van der Waals surface area contributed by atoms with E-state index in [4.69, 9.17) is 33.2 Å². The van der Waals surface area contributed by atoms with E-state index in [1.807, 2.05) is 0 Å². The minimum Gasteiger partial charge on any atom is -0.459 e. The number of aliphatic hydroxyl groups is 4. The van der Waals surface area contributed by atoms with Crippen molar-refractivity contribution in [3.8, 4) is 0 Å². The summed E-state index contributed by atoms with van der Waals surface area (Å²) in [5.74, 6) is -4.80. The number of ether oxygens (including phenoxy) is 7. The van der Waals surface area contributed by atoms with Gasteiger partial charge in [0.25, 0.3) is 0 Å². The summed E-state index contributed by atoms with van der Waals surface area (Å²) in [6.07, 6.45) is -10.2. The Morgan fingerprint density at radius 1 is 0.887 bits per heavy atom. The number of hydrogen-bond donors (Lipinski definition) is 4. The van der Waals surface area contributed by atoms with Crippen LogP contribution in [-0.4, -0.2) is 143 Å². The van der Waals surface area contributed by atoms with Gasteiger partial charge < -0.3 is 53.6 Å². The van der Waals surface area contributed by atoms with Crippen molar-refractivity contribution >= 4 is 11.8 Å². The van der Waals surface area contributed by atoms with E-state index in [9.17, 15) is 34.9 Å². The van der Waals surface area contributed by atoms with Crippen LogP contribution in [0.25, 0.3) is 0 Å². The Hall–Kier alpha value is -1.86. The number of likely N-dealkylation sites (N-methyl/N-ethyl adjacent to an activating group) is 1. The molecule has 3 aliphatic rings. The smallest absolute Gasteiger partial charge is 0.311 e. The normalized spacial score (nSPS) is 48.1. The average Bonchev–Trinajstić information content (AvgIpc) is 3.12. The number of esters is 1. The van der Waals surface area contributed by atoms with Gasteiger partial charge in [-0.2, -0.15) is 0 Å². The molecular weight excluding hydrogens is 696 g/mol. The summed E-state index contributed by atoms with van der Waals surface area (Å²) in [6, 6.07) is -0.748. The quantitative estimate of drug-likeness (QED) is 0.151. The van der Waals surface area contributed by atoms with Crippen LogP contribution in [0.3, 0.4) is 0 Å². The van der Waals surface area contributed by atoms with Crippen molar-refractivity contribution in [1.82, 2.24) is 5.01 Å². The zero-order chi connectivity index (χ0) is 40.4. The van der Waals surface area contributed by atoms with Gasteiger partial charge in [-0.3, -0.25) is 14.6 Å². The lowest BCUT2D eigenvalue weighted by Crippen LogP contribution is -2.61. The molecule has 0 saturated carbocycles. The maximum Gasteiger partial charge on any atom is 0.311 e. The van der Waals surface area contributed by atoms with E-state index >= 15 is 0 Å². The number of carbonyl (C=O) groups excluding carboxylic acids is 2. The second kappa shape index (κ2) is 17.9. The first-order chi connectivity index (χ1) is 24.5. The lowest BCUT2D eigenvalue weighted by atomic mass is 9.74. The summed E-state index contributed by atoms with van der Waals surface area (Å²) in [4.78, 5) is 39.7. The molecule has 16 heteroatoms. The molecule has 0 aromatic carbocycles. The molecule has 53 heavy (non-hydrogen) atoms. The minimum absolute atomic E-state index is 0.0434. The largest absolute Gasteiger partial charge is 0.459 e. The van der Waals surface area contributed by atoms with Gasteiger partial charge in [0.15, 0.2) is 12.6 Å². The molecule has 3 fully saturated rings. The maximum absolute atomic E-state index is 14.2. The van der Waals surface area contributed by atoms with Gasteiger partial charge in [0, 0.05) is 45.4 Å². The second-order valence-corrected chi connectivity index (χ2v) is 16.3. The van der Waals surface area contributed by atoms with E-state index < -0.39 is 114 Å². The predicted octanol–water partition coefficient (Wildman–Crippen LogP) is 2.49. The summed E-state index contributed by atoms with van der Waals surface area (Å²) in [7, 11) is 4.39. The van der Waals surface area contributed by atoms with Gasteiger partial charge in [-0.05, 0) is 60.8 Å². The first-order valence-electron chi connectivity index (χ1n) is 18.8. The summed E-state index contributed by atoms with van der Waals surface area (Å²) in [5, 5.41) is 49.6. The number of carbonyl (C=O) groups is 2. The number of methoxy groups -OCH3 is 2.